The normalized spacial score (nSPS) is 30.5. The fourth-order valence-corrected chi connectivity index (χ4v) is 3.17. The Labute approximate surface area is 117 Å². The van der Waals surface area contributed by atoms with Crippen LogP contribution in [0.15, 0.2) is 0 Å². The van der Waals surface area contributed by atoms with Crippen LogP contribution in [0.5, 0.6) is 0 Å². The summed E-state index contributed by atoms with van der Waals surface area (Å²) in [5.41, 5.74) is -0.201. The minimum Gasteiger partial charge on any atom is -0.353 e. The highest BCUT2D eigenvalue weighted by Gasteiger charge is 2.36. The quantitative estimate of drug-likeness (QED) is 0.811. The zero-order valence-corrected chi connectivity index (χ0v) is 12.7. The van der Waals surface area contributed by atoms with Crippen molar-refractivity contribution in [3.8, 4) is 0 Å². The number of likely N-dealkylation sites (tertiary alicyclic amines) is 1. The van der Waals surface area contributed by atoms with Gasteiger partial charge in [0.2, 0.25) is 5.91 Å². The fraction of sp³-hybridized carbons (Fsp3) is 0.933. The summed E-state index contributed by atoms with van der Waals surface area (Å²) in [6.45, 7) is 10.7. The molecule has 2 N–H and O–H groups in total. The van der Waals surface area contributed by atoms with Crippen LogP contribution in [-0.2, 0) is 4.79 Å². The highest BCUT2D eigenvalue weighted by Crippen LogP contribution is 2.26. The minimum atomic E-state index is -0.201. The number of hydrogen-bond acceptors (Lipinski definition) is 3. The molecule has 2 rings (SSSR count). The Morgan fingerprint density at radius 1 is 1.37 bits per heavy atom. The molecule has 19 heavy (non-hydrogen) atoms. The van der Waals surface area contributed by atoms with Crippen molar-refractivity contribution >= 4 is 5.91 Å². The first-order valence-electron chi connectivity index (χ1n) is 7.77. The molecule has 0 spiro atoms. The van der Waals surface area contributed by atoms with E-state index in [1.54, 1.807) is 0 Å². The van der Waals surface area contributed by atoms with Crippen molar-refractivity contribution in [2.45, 2.75) is 58.5 Å². The van der Waals surface area contributed by atoms with E-state index in [0.29, 0.717) is 12.1 Å². The van der Waals surface area contributed by atoms with E-state index in [4.69, 9.17) is 0 Å². The lowest BCUT2D eigenvalue weighted by atomic mass is 9.81. The van der Waals surface area contributed by atoms with Crippen LogP contribution in [0.3, 0.4) is 0 Å². The van der Waals surface area contributed by atoms with Crippen molar-refractivity contribution in [1.29, 1.82) is 0 Å². The second kappa shape index (κ2) is 6.23. The molecule has 0 bridgehead atoms. The van der Waals surface area contributed by atoms with Crippen LogP contribution in [0.4, 0.5) is 0 Å². The highest BCUT2D eigenvalue weighted by atomic mass is 16.2. The van der Waals surface area contributed by atoms with E-state index in [9.17, 15) is 4.79 Å². The summed E-state index contributed by atoms with van der Waals surface area (Å²) in [7, 11) is 0. The molecule has 0 aliphatic carbocycles. The van der Waals surface area contributed by atoms with Gasteiger partial charge in [-0.15, -0.1) is 0 Å². The molecule has 4 heteroatoms. The summed E-state index contributed by atoms with van der Waals surface area (Å²) in [4.78, 5) is 14.9. The Hall–Kier alpha value is -0.610. The van der Waals surface area contributed by atoms with Crippen LogP contribution in [0.2, 0.25) is 0 Å². The maximum Gasteiger partial charge on any atom is 0.227 e. The average molecular weight is 267 g/mol. The maximum absolute atomic E-state index is 12.4. The molecule has 1 amide bonds. The van der Waals surface area contributed by atoms with Gasteiger partial charge in [-0.3, -0.25) is 4.79 Å². The van der Waals surface area contributed by atoms with Crippen LogP contribution < -0.4 is 10.6 Å². The molecule has 2 fully saturated rings. The number of nitrogens with zero attached hydrogens (tertiary/aromatic N) is 1. The molecule has 1 atom stereocenters. The van der Waals surface area contributed by atoms with Gasteiger partial charge in [-0.05, 0) is 53.0 Å². The number of carbonyl (C=O) groups is 1. The lowest BCUT2D eigenvalue weighted by Crippen LogP contribution is -2.53. The van der Waals surface area contributed by atoms with E-state index < -0.39 is 0 Å². The summed E-state index contributed by atoms with van der Waals surface area (Å²) in [5.74, 6) is 0.252. The monoisotopic (exact) mass is 267 g/mol. The molecule has 2 aliphatic rings. The van der Waals surface area contributed by atoms with Crippen molar-refractivity contribution in [1.82, 2.24) is 15.5 Å². The van der Waals surface area contributed by atoms with E-state index in [2.05, 4.69) is 36.3 Å². The largest absolute Gasteiger partial charge is 0.353 e. The lowest BCUT2D eigenvalue weighted by Gasteiger charge is -2.38. The Morgan fingerprint density at radius 3 is 2.58 bits per heavy atom. The van der Waals surface area contributed by atoms with E-state index in [1.165, 1.54) is 0 Å². The van der Waals surface area contributed by atoms with E-state index in [0.717, 1.165) is 51.9 Å². The summed E-state index contributed by atoms with van der Waals surface area (Å²) in [5, 5.41) is 6.63. The van der Waals surface area contributed by atoms with E-state index in [-0.39, 0.29) is 11.3 Å². The Kier molecular flexibility index (Phi) is 4.85. The summed E-state index contributed by atoms with van der Waals surface area (Å²) >= 11 is 0. The van der Waals surface area contributed by atoms with Gasteiger partial charge in [0, 0.05) is 31.7 Å². The molecule has 0 aromatic carbocycles. The molecule has 0 aromatic heterocycles. The van der Waals surface area contributed by atoms with Gasteiger partial charge in [0.1, 0.15) is 0 Å². The highest BCUT2D eigenvalue weighted by molar-refractivity contribution is 5.82. The summed E-state index contributed by atoms with van der Waals surface area (Å²) in [6, 6.07) is 0.998. The molecule has 0 radical (unpaired) electrons. The second-order valence-electron chi connectivity index (χ2n) is 6.72. The van der Waals surface area contributed by atoms with Gasteiger partial charge < -0.3 is 15.5 Å². The first kappa shape index (κ1) is 14.8. The Balaban J connectivity index is 1.80. The molecule has 1 unspecified atom stereocenters. The van der Waals surface area contributed by atoms with Crippen molar-refractivity contribution in [2.24, 2.45) is 5.41 Å². The van der Waals surface area contributed by atoms with E-state index in [1.807, 2.05) is 0 Å². The molecule has 0 aromatic rings. The predicted octanol–water partition coefficient (Wildman–Crippen LogP) is 1.37. The van der Waals surface area contributed by atoms with Gasteiger partial charge in [0.05, 0.1) is 5.41 Å². The number of nitrogens with one attached hydrogen (secondary N) is 2. The third kappa shape index (κ3) is 3.69. The molecule has 2 saturated heterocycles. The number of carbonyl (C=O) groups excluding carboxylic acids is 1. The van der Waals surface area contributed by atoms with Crippen LogP contribution in [0.25, 0.3) is 0 Å². The number of hydrogen-bond donors (Lipinski definition) is 2. The van der Waals surface area contributed by atoms with Crippen molar-refractivity contribution in [2.75, 3.05) is 26.2 Å². The first-order valence-corrected chi connectivity index (χ1v) is 7.77. The topological polar surface area (TPSA) is 44.4 Å². The molecule has 2 heterocycles. The molecular weight excluding hydrogens is 238 g/mol. The van der Waals surface area contributed by atoms with Gasteiger partial charge in [-0.1, -0.05) is 0 Å². The average Bonchev–Trinajstić information content (AvgIpc) is 2.40. The summed E-state index contributed by atoms with van der Waals surface area (Å²) in [6.07, 6.45) is 4.30. The van der Waals surface area contributed by atoms with Crippen molar-refractivity contribution in [3.63, 3.8) is 0 Å². The Bertz CT molecular complexity index is 303. The van der Waals surface area contributed by atoms with Crippen molar-refractivity contribution < 1.29 is 4.79 Å². The molecule has 110 valence electrons. The summed E-state index contributed by atoms with van der Waals surface area (Å²) < 4.78 is 0. The SMILES string of the molecule is CC(C)N1CCC(NC(=O)C2(C)CCCNC2)CC1. The molecule has 2 aliphatic heterocycles. The van der Waals surface area contributed by atoms with Crippen molar-refractivity contribution in [3.05, 3.63) is 0 Å². The zero-order chi connectivity index (χ0) is 13.9. The van der Waals surface area contributed by atoms with Gasteiger partial charge in [0.15, 0.2) is 0 Å². The van der Waals surface area contributed by atoms with Gasteiger partial charge in [0.25, 0.3) is 0 Å². The predicted molar refractivity (Wildman–Crippen MR) is 78.1 cm³/mol. The van der Waals surface area contributed by atoms with E-state index >= 15 is 0 Å². The molecule has 0 saturated carbocycles. The zero-order valence-electron chi connectivity index (χ0n) is 12.7. The second-order valence-corrected chi connectivity index (χ2v) is 6.72. The lowest BCUT2D eigenvalue weighted by molar-refractivity contribution is -0.132. The molecule has 4 nitrogen and oxygen atoms in total. The van der Waals surface area contributed by atoms with Gasteiger partial charge >= 0.3 is 0 Å². The van der Waals surface area contributed by atoms with Gasteiger partial charge in [-0.2, -0.15) is 0 Å². The Morgan fingerprint density at radius 2 is 2.05 bits per heavy atom. The maximum atomic E-state index is 12.4. The third-order valence-electron chi connectivity index (χ3n) is 4.74. The van der Waals surface area contributed by atoms with Crippen LogP contribution in [0, 0.1) is 5.41 Å². The number of piperidine rings is 2. The minimum absolute atomic E-state index is 0.201. The number of rotatable bonds is 3. The fourth-order valence-electron chi connectivity index (χ4n) is 3.17. The van der Waals surface area contributed by atoms with Crippen LogP contribution in [0.1, 0.15) is 46.5 Å². The standard InChI is InChI=1S/C15H29N3O/c1-12(2)18-9-5-13(6-10-18)17-14(19)15(3)7-4-8-16-11-15/h12-13,16H,4-11H2,1-3H3,(H,17,19). The number of amides is 1. The third-order valence-corrected chi connectivity index (χ3v) is 4.74. The van der Waals surface area contributed by atoms with Gasteiger partial charge in [-0.25, -0.2) is 0 Å². The van der Waals surface area contributed by atoms with Crippen LogP contribution in [-0.4, -0.2) is 49.1 Å². The smallest absolute Gasteiger partial charge is 0.227 e. The first-order chi connectivity index (χ1) is 9.01. The molecular formula is C15H29N3O. The van der Waals surface area contributed by atoms with Crippen LogP contribution >= 0.6 is 0 Å².